The number of benzene rings is 7. The number of hydrogen-bond donors (Lipinski definition) is 4. The first kappa shape index (κ1) is 39.5. The fourth-order valence-electron chi connectivity index (χ4n) is 7.62. The molecule has 0 fully saturated rings. The number of aryl methyl sites for hydroxylation is 1. The Hall–Kier alpha value is -5.71. The Morgan fingerprint density at radius 2 is 0.579 bits per heavy atom. The van der Waals surface area contributed by atoms with E-state index in [9.17, 15) is 0 Å². The summed E-state index contributed by atoms with van der Waals surface area (Å²) in [7, 11) is 0. The first-order valence-electron chi connectivity index (χ1n) is 20.6. The minimum Gasteiger partial charge on any atom is -0.374 e. The number of unbranched alkanes of at least 4 members (excludes halogenated alkanes) is 5. The lowest BCUT2D eigenvalue weighted by atomic mass is 9.96. The van der Waals surface area contributed by atoms with Gasteiger partial charge in [0.1, 0.15) is 0 Å². The molecule has 0 saturated heterocycles. The third-order valence-corrected chi connectivity index (χ3v) is 11.1. The van der Waals surface area contributed by atoms with Crippen LogP contribution in [0.15, 0.2) is 194 Å². The van der Waals surface area contributed by atoms with Crippen LogP contribution >= 0.6 is 12.6 Å². The average Bonchev–Trinajstić information content (AvgIpc) is 3.28. The standard InChI is InChI=1S/C53H55N3S/c57-40-18-4-2-1-3-9-19-41-28-34-48(35-29-41)54-53(46-30-36-49(37-31-46)55-51(42-20-10-5-11-21-42)43-22-12-6-13-23-43)47-32-38-50(39-33-47)56-52(44-24-14-7-15-25-44)45-26-16-8-17-27-45/h5-8,10-17,20-39,51-57H,1-4,9,18-19,40H2. The number of thiol groups is 1. The van der Waals surface area contributed by atoms with Crippen LogP contribution in [0, 0.1) is 0 Å². The largest absolute Gasteiger partial charge is 0.374 e. The van der Waals surface area contributed by atoms with E-state index < -0.39 is 0 Å². The summed E-state index contributed by atoms with van der Waals surface area (Å²) < 4.78 is 0. The van der Waals surface area contributed by atoms with E-state index in [2.05, 4.69) is 223 Å². The third kappa shape index (κ3) is 11.4. The highest BCUT2D eigenvalue weighted by atomic mass is 32.1. The van der Waals surface area contributed by atoms with Crippen molar-refractivity contribution in [2.75, 3.05) is 21.7 Å². The van der Waals surface area contributed by atoms with Gasteiger partial charge in [0.25, 0.3) is 0 Å². The molecule has 4 heteroatoms. The predicted octanol–water partition coefficient (Wildman–Crippen LogP) is 14.1. The van der Waals surface area contributed by atoms with Crippen LogP contribution in [-0.2, 0) is 6.42 Å². The summed E-state index contributed by atoms with van der Waals surface area (Å²) in [4.78, 5) is 0. The highest BCUT2D eigenvalue weighted by Gasteiger charge is 2.18. The molecule has 0 unspecified atom stereocenters. The van der Waals surface area contributed by atoms with E-state index in [1.165, 1.54) is 77.5 Å². The van der Waals surface area contributed by atoms with Crippen molar-refractivity contribution < 1.29 is 0 Å². The van der Waals surface area contributed by atoms with E-state index in [1.807, 2.05) is 0 Å². The van der Waals surface area contributed by atoms with Gasteiger partial charge in [-0.15, -0.1) is 0 Å². The van der Waals surface area contributed by atoms with E-state index in [0.29, 0.717) is 0 Å². The van der Waals surface area contributed by atoms with E-state index in [-0.39, 0.29) is 18.1 Å². The maximum absolute atomic E-state index is 4.35. The van der Waals surface area contributed by atoms with Gasteiger partial charge < -0.3 is 16.0 Å². The van der Waals surface area contributed by atoms with E-state index in [4.69, 9.17) is 0 Å². The van der Waals surface area contributed by atoms with E-state index in [1.54, 1.807) is 0 Å². The Labute approximate surface area is 346 Å². The topological polar surface area (TPSA) is 36.1 Å². The van der Waals surface area contributed by atoms with Crippen LogP contribution in [0.5, 0.6) is 0 Å². The van der Waals surface area contributed by atoms with Gasteiger partial charge in [-0.1, -0.05) is 183 Å². The van der Waals surface area contributed by atoms with Crippen LogP contribution in [0.2, 0.25) is 0 Å². The molecular weight excluding hydrogens is 711 g/mol. The molecule has 7 rings (SSSR count). The summed E-state index contributed by atoms with van der Waals surface area (Å²) in [6.45, 7) is 0. The van der Waals surface area contributed by atoms with E-state index in [0.717, 1.165) is 29.2 Å². The van der Waals surface area contributed by atoms with Crippen LogP contribution < -0.4 is 16.0 Å². The van der Waals surface area contributed by atoms with Gasteiger partial charge in [-0.3, -0.25) is 0 Å². The molecule has 0 heterocycles. The van der Waals surface area contributed by atoms with Gasteiger partial charge >= 0.3 is 0 Å². The van der Waals surface area contributed by atoms with Crippen LogP contribution in [0.25, 0.3) is 0 Å². The van der Waals surface area contributed by atoms with Crippen LogP contribution in [0.4, 0.5) is 17.1 Å². The molecule has 0 radical (unpaired) electrons. The second-order valence-electron chi connectivity index (χ2n) is 14.9. The maximum Gasteiger partial charge on any atom is 0.0767 e. The summed E-state index contributed by atoms with van der Waals surface area (Å²) in [6.07, 6.45) is 8.82. The zero-order valence-electron chi connectivity index (χ0n) is 32.8. The highest BCUT2D eigenvalue weighted by molar-refractivity contribution is 7.80. The van der Waals surface area contributed by atoms with Crippen molar-refractivity contribution in [3.8, 4) is 0 Å². The fourth-order valence-corrected chi connectivity index (χ4v) is 7.84. The van der Waals surface area contributed by atoms with Crippen molar-refractivity contribution in [3.63, 3.8) is 0 Å². The molecule has 0 saturated carbocycles. The van der Waals surface area contributed by atoms with Crippen molar-refractivity contribution in [2.24, 2.45) is 0 Å². The van der Waals surface area contributed by atoms with Crippen molar-refractivity contribution >= 4 is 29.7 Å². The Balaban J connectivity index is 1.11. The maximum atomic E-state index is 4.35. The van der Waals surface area contributed by atoms with Gasteiger partial charge in [0.2, 0.25) is 0 Å². The Kier molecular flexibility index (Phi) is 14.6. The van der Waals surface area contributed by atoms with Crippen LogP contribution in [0.3, 0.4) is 0 Å². The molecule has 0 bridgehead atoms. The van der Waals surface area contributed by atoms with Crippen molar-refractivity contribution in [2.45, 2.75) is 63.1 Å². The lowest BCUT2D eigenvalue weighted by Gasteiger charge is -2.24. The zero-order valence-corrected chi connectivity index (χ0v) is 33.7. The summed E-state index contributed by atoms with van der Waals surface area (Å²) >= 11 is 4.35. The number of anilines is 3. The van der Waals surface area contributed by atoms with Gasteiger partial charge in [0.05, 0.1) is 18.1 Å². The molecule has 0 amide bonds. The predicted molar refractivity (Wildman–Crippen MR) is 247 cm³/mol. The zero-order chi connectivity index (χ0) is 38.9. The molecular formula is C53H55N3S. The SMILES string of the molecule is SCCCCCCCCc1ccc(NC(c2ccc(NC(c3ccccc3)c3ccccc3)cc2)c2ccc(NC(c3ccccc3)c3ccccc3)cc2)cc1. The van der Waals surface area contributed by atoms with Crippen molar-refractivity contribution in [3.05, 3.63) is 233 Å². The minimum atomic E-state index is -0.0470. The minimum absolute atomic E-state index is 0.0411. The Bertz CT molecular complexity index is 1950. The summed E-state index contributed by atoms with van der Waals surface area (Å²) in [5.74, 6) is 1.00. The normalized spacial score (nSPS) is 11.2. The van der Waals surface area contributed by atoms with Gasteiger partial charge in [-0.25, -0.2) is 0 Å². The highest BCUT2D eigenvalue weighted by Crippen LogP contribution is 2.33. The second kappa shape index (κ2) is 21.0. The molecule has 0 spiro atoms. The lowest BCUT2D eigenvalue weighted by molar-refractivity contribution is 0.609. The second-order valence-corrected chi connectivity index (χ2v) is 15.4. The summed E-state index contributed by atoms with van der Waals surface area (Å²) in [5, 5.41) is 11.6. The van der Waals surface area contributed by atoms with Gasteiger partial charge in [0, 0.05) is 17.1 Å². The molecule has 3 N–H and O–H groups in total. The van der Waals surface area contributed by atoms with Crippen LogP contribution in [-0.4, -0.2) is 5.75 Å². The van der Waals surface area contributed by atoms with Crippen molar-refractivity contribution in [1.82, 2.24) is 0 Å². The molecule has 7 aromatic rings. The molecule has 57 heavy (non-hydrogen) atoms. The molecule has 0 atom stereocenters. The number of rotatable bonds is 20. The first-order valence-corrected chi connectivity index (χ1v) is 21.3. The average molecular weight is 766 g/mol. The molecule has 0 aromatic heterocycles. The third-order valence-electron chi connectivity index (χ3n) is 10.8. The van der Waals surface area contributed by atoms with Gasteiger partial charge in [-0.05, 0) is 100 Å². The molecule has 288 valence electrons. The quantitative estimate of drug-likeness (QED) is 0.0461. The van der Waals surface area contributed by atoms with Gasteiger partial charge in [0.15, 0.2) is 0 Å². The summed E-state index contributed by atoms with van der Waals surface area (Å²) in [5.41, 5.74) is 12.0. The number of nitrogens with one attached hydrogen (secondary N) is 3. The van der Waals surface area contributed by atoms with Gasteiger partial charge in [-0.2, -0.15) is 12.6 Å². The summed E-state index contributed by atoms with van der Waals surface area (Å²) in [6, 6.07) is 69.7. The van der Waals surface area contributed by atoms with E-state index >= 15 is 0 Å². The molecule has 3 nitrogen and oxygen atoms in total. The molecule has 7 aromatic carbocycles. The smallest absolute Gasteiger partial charge is 0.0767 e. The monoisotopic (exact) mass is 765 g/mol. The fraction of sp³-hybridized carbons (Fsp3) is 0.208. The molecule has 0 aliphatic heterocycles. The van der Waals surface area contributed by atoms with Crippen molar-refractivity contribution in [1.29, 1.82) is 0 Å². The Morgan fingerprint density at radius 1 is 0.298 bits per heavy atom. The Morgan fingerprint density at radius 3 is 0.912 bits per heavy atom. The lowest BCUT2D eigenvalue weighted by Crippen LogP contribution is -2.15. The number of hydrogen-bond acceptors (Lipinski definition) is 4. The molecule has 0 aliphatic carbocycles. The van der Waals surface area contributed by atoms with Crippen LogP contribution in [0.1, 0.15) is 95.6 Å². The molecule has 0 aliphatic rings. The first-order chi connectivity index (χ1) is 28.2.